The van der Waals surface area contributed by atoms with Crippen LogP contribution >= 0.6 is 11.8 Å². The van der Waals surface area contributed by atoms with Crippen LogP contribution in [0.3, 0.4) is 0 Å². The molecule has 1 fully saturated rings. The van der Waals surface area contributed by atoms with Crippen molar-refractivity contribution in [3.05, 3.63) is 58.7 Å². The molecule has 1 saturated heterocycles. The number of nitrogens with two attached hydrogens (primary N) is 1. The average molecular weight is 392 g/mol. The molecule has 1 aliphatic heterocycles. The molecule has 27 heavy (non-hydrogen) atoms. The Morgan fingerprint density at radius 1 is 1.41 bits per heavy atom. The molecular formula is C17H18N3O6S-. The van der Waals surface area contributed by atoms with E-state index in [1.165, 1.54) is 34.5 Å². The maximum absolute atomic E-state index is 11.4. The highest BCUT2D eigenvalue weighted by Gasteiger charge is 2.27. The SMILES string of the molecule is Nc1ccn([C@@H]2CS[C@H](CO)O2)c(=O)n1.O=C(O)/C=C/c1ccc([O-])cc1. The lowest BCUT2D eigenvalue weighted by Crippen LogP contribution is -2.28. The van der Waals surface area contributed by atoms with Gasteiger partial charge in [-0.05, 0) is 17.7 Å². The van der Waals surface area contributed by atoms with Gasteiger partial charge in [0, 0.05) is 18.0 Å². The van der Waals surface area contributed by atoms with Crippen LogP contribution in [0.15, 0.2) is 47.4 Å². The van der Waals surface area contributed by atoms with Crippen LogP contribution in [0.4, 0.5) is 5.82 Å². The lowest BCUT2D eigenvalue weighted by atomic mass is 10.2. The first-order chi connectivity index (χ1) is 12.9. The highest BCUT2D eigenvalue weighted by molar-refractivity contribution is 8.00. The van der Waals surface area contributed by atoms with E-state index in [-0.39, 0.29) is 29.8 Å². The quantitative estimate of drug-likeness (QED) is 0.622. The third-order valence-electron chi connectivity index (χ3n) is 3.34. The summed E-state index contributed by atoms with van der Waals surface area (Å²) in [4.78, 5) is 25.1. The lowest BCUT2D eigenvalue weighted by molar-refractivity contribution is -0.268. The number of aromatic nitrogens is 2. The minimum absolute atomic E-state index is 0.0572. The number of hydrogen-bond acceptors (Lipinski definition) is 8. The number of rotatable bonds is 4. The van der Waals surface area contributed by atoms with Gasteiger partial charge in [0.05, 0.1) is 6.61 Å². The Hall–Kier alpha value is -2.82. The van der Waals surface area contributed by atoms with Crippen LogP contribution < -0.4 is 16.5 Å². The lowest BCUT2D eigenvalue weighted by Gasteiger charge is -2.13. The second-order valence-electron chi connectivity index (χ2n) is 5.32. The number of hydrogen-bond donors (Lipinski definition) is 3. The third-order valence-corrected chi connectivity index (χ3v) is 4.45. The molecule has 2 atom stereocenters. The van der Waals surface area contributed by atoms with Gasteiger partial charge in [0.1, 0.15) is 17.5 Å². The van der Waals surface area contributed by atoms with E-state index in [4.69, 9.17) is 20.7 Å². The summed E-state index contributed by atoms with van der Waals surface area (Å²) < 4.78 is 6.79. The second kappa shape index (κ2) is 9.76. The molecule has 0 bridgehead atoms. The molecule has 0 unspecified atom stereocenters. The van der Waals surface area contributed by atoms with Crippen molar-refractivity contribution in [1.29, 1.82) is 0 Å². The average Bonchev–Trinajstić information content (AvgIpc) is 3.10. The number of thioether (sulfide) groups is 1. The Kier molecular flexibility index (Phi) is 7.41. The number of aliphatic hydroxyl groups excluding tert-OH is 1. The normalized spacial score (nSPS) is 18.9. The predicted octanol–water partition coefficient (Wildman–Crippen LogP) is 0.264. The van der Waals surface area contributed by atoms with Gasteiger partial charge in [0.25, 0.3) is 0 Å². The largest absolute Gasteiger partial charge is 0.872 e. The minimum atomic E-state index is -0.999. The molecule has 0 amide bonds. The van der Waals surface area contributed by atoms with Crippen molar-refractivity contribution in [3.63, 3.8) is 0 Å². The van der Waals surface area contributed by atoms with Crippen molar-refractivity contribution < 1.29 is 24.9 Å². The second-order valence-corrected chi connectivity index (χ2v) is 6.51. The van der Waals surface area contributed by atoms with E-state index in [0.717, 1.165) is 6.08 Å². The van der Waals surface area contributed by atoms with Crippen LogP contribution in [0.5, 0.6) is 5.75 Å². The first-order valence-corrected chi connectivity index (χ1v) is 8.84. The Labute approximate surface area is 158 Å². The predicted molar refractivity (Wildman–Crippen MR) is 98.9 cm³/mol. The van der Waals surface area contributed by atoms with Crippen molar-refractivity contribution in [2.75, 3.05) is 18.1 Å². The van der Waals surface area contributed by atoms with Crippen molar-refractivity contribution >= 4 is 29.6 Å². The van der Waals surface area contributed by atoms with Crippen molar-refractivity contribution in [2.45, 2.75) is 11.7 Å². The van der Waals surface area contributed by atoms with Crippen molar-refractivity contribution in [2.24, 2.45) is 0 Å². The van der Waals surface area contributed by atoms with E-state index in [2.05, 4.69) is 4.98 Å². The molecule has 1 aromatic heterocycles. The molecule has 3 rings (SSSR count). The summed E-state index contributed by atoms with van der Waals surface area (Å²) in [6.45, 7) is -0.0572. The molecule has 1 aromatic carbocycles. The number of carboxylic acid groups (broad SMARTS) is 1. The van der Waals surface area contributed by atoms with Crippen LogP contribution in [0.1, 0.15) is 11.8 Å². The summed E-state index contributed by atoms with van der Waals surface area (Å²) in [5, 5.41) is 27.8. The van der Waals surface area contributed by atoms with Gasteiger partial charge in [-0.25, -0.2) is 9.59 Å². The number of nitrogen functional groups attached to an aromatic ring is 1. The van der Waals surface area contributed by atoms with Gasteiger partial charge in [0.15, 0.2) is 0 Å². The fraction of sp³-hybridized carbons (Fsp3) is 0.235. The molecule has 0 spiro atoms. The van der Waals surface area contributed by atoms with E-state index in [0.29, 0.717) is 11.3 Å². The highest BCUT2D eigenvalue weighted by atomic mass is 32.2. The van der Waals surface area contributed by atoms with E-state index in [1.54, 1.807) is 24.4 Å². The molecule has 9 nitrogen and oxygen atoms in total. The standard InChI is InChI=1S/C9H8O3.C8H11N3O3S/c10-8-4-1-7(2-5-8)3-6-9(11)12;9-5-1-2-11(8(13)10-5)6-4-15-7(3-12)14-6/h1-6,10H,(H,11,12);1-2,6-7,12H,3-4H2,(H2,9,10,13)/p-1/b6-3+;/t;6-,7+/m.0/s1. The van der Waals surface area contributed by atoms with Crippen LogP contribution in [0.2, 0.25) is 0 Å². The fourth-order valence-electron chi connectivity index (χ4n) is 2.08. The zero-order chi connectivity index (χ0) is 19.8. The van der Waals surface area contributed by atoms with Crippen LogP contribution in [-0.4, -0.2) is 43.5 Å². The Morgan fingerprint density at radius 3 is 2.67 bits per heavy atom. The third kappa shape index (κ3) is 6.44. The fourth-order valence-corrected chi connectivity index (χ4v) is 3.01. The molecular weight excluding hydrogens is 374 g/mol. The summed E-state index contributed by atoms with van der Waals surface area (Å²) in [6, 6.07) is 7.47. The molecule has 1 aliphatic rings. The summed E-state index contributed by atoms with van der Waals surface area (Å²) in [6.07, 6.45) is 3.64. The zero-order valence-electron chi connectivity index (χ0n) is 14.1. The van der Waals surface area contributed by atoms with Crippen molar-refractivity contribution in [3.8, 4) is 5.75 Å². The molecule has 2 aromatic rings. The minimum Gasteiger partial charge on any atom is -0.872 e. The molecule has 0 saturated carbocycles. The summed E-state index contributed by atoms with van der Waals surface area (Å²) in [7, 11) is 0. The van der Waals surface area contributed by atoms with Crippen LogP contribution in [0, 0.1) is 0 Å². The highest BCUT2D eigenvalue weighted by Crippen LogP contribution is 2.30. The number of anilines is 1. The number of carboxylic acids is 1. The Morgan fingerprint density at radius 2 is 2.11 bits per heavy atom. The maximum atomic E-state index is 11.4. The van der Waals surface area contributed by atoms with Crippen molar-refractivity contribution in [1.82, 2.24) is 9.55 Å². The number of nitrogens with zero attached hydrogens (tertiary/aromatic N) is 2. The molecule has 0 aliphatic carbocycles. The van der Waals surface area contributed by atoms with Gasteiger partial charge in [-0.15, -0.1) is 17.5 Å². The zero-order valence-corrected chi connectivity index (χ0v) is 14.9. The van der Waals surface area contributed by atoms with Gasteiger partial charge in [-0.3, -0.25) is 4.57 Å². The first kappa shape index (κ1) is 20.5. The summed E-state index contributed by atoms with van der Waals surface area (Å²) in [5.41, 5.74) is 5.38. The topological polar surface area (TPSA) is 151 Å². The smallest absolute Gasteiger partial charge is 0.351 e. The number of benzene rings is 1. The Balaban J connectivity index is 0.000000199. The van der Waals surface area contributed by atoms with Crippen LogP contribution in [-0.2, 0) is 9.53 Å². The number of ether oxygens (including phenoxy) is 1. The van der Waals surface area contributed by atoms with Gasteiger partial charge >= 0.3 is 11.7 Å². The monoisotopic (exact) mass is 392 g/mol. The maximum Gasteiger partial charge on any atom is 0.351 e. The van der Waals surface area contributed by atoms with E-state index >= 15 is 0 Å². The molecule has 4 N–H and O–H groups in total. The first-order valence-electron chi connectivity index (χ1n) is 7.79. The Bertz CT molecular complexity index is 852. The summed E-state index contributed by atoms with van der Waals surface area (Å²) in [5.74, 6) is -0.263. The number of carbonyl (C=O) groups is 1. The van der Waals surface area contributed by atoms with Crippen LogP contribution in [0.25, 0.3) is 6.08 Å². The molecule has 0 radical (unpaired) electrons. The van der Waals surface area contributed by atoms with E-state index in [1.807, 2.05) is 0 Å². The molecule has 2 heterocycles. The van der Waals surface area contributed by atoms with E-state index < -0.39 is 11.7 Å². The molecule has 144 valence electrons. The van der Waals surface area contributed by atoms with Gasteiger partial charge < -0.3 is 25.8 Å². The number of aliphatic carboxylic acids is 1. The number of aliphatic hydroxyl groups is 1. The van der Waals surface area contributed by atoms with E-state index in [9.17, 15) is 14.7 Å². The van der Waals surface area contributed by atoms with Gasteiger partial charge in [-0.1, -0.05) is 24.3 Å². The summed E-state index contributed by atoms with van der Waals surface area (Å²) >= 11 is 1.47. The van der Waals surface area contributed by atoms with Gasteiger partial charge in [0.2, 0.25) is 0 Å². The van der Waals surface area contributed by atoms with Gasteiger partial charge in [-0.2, -0.15) is 4.98 Å². The molecule has 10 heteroatoms.